The van der Waals surface area contributed by atoms with Crippen molar-refractivity contribution in [2.75, 3.05) is 5.32 Å². The second kappa shape index (κ2) is 6.59. The molecule has 2 aromatic carbocycles. The van der Waals surface area contributed by atoms with Gasteiger partial charge in [-0.15, -0.1) is 0 Å². The van der Waals surface area contributed by atoms with Crippen LogP contribution in [0, 0.1) is 20.2 Å². The van der Waals surface area contributed by atoms with Crippen molar-refractivity contribution in [1.29, 1.82) is 0 Å². The molecule has 2 aromatic rings. The second-order valence-corrected chi connectivity index (χ2v) is 5.08. The summed E-state index contributed by atoms with van der Waals surface area (Å²) >= 11 is 11.8. The first-order chi connectivity index (χ1) is 10.8. The zero-order valence-corrected chi connectivity index (χ0v) is 12.7. The minimum absolute atomic E-state index is 0.140. The van der Waals surface area contributed by atoms with Crippen molar-refractivity contribution < 1.29 is 14.6 Å². The summed E-state index contributed by atoms with van der Waals surface area (Å²) in [5.41, 5.74) is -1.49. The van der Waals surface area contributed by atoms with E-state index in [1.165, 1.54) is 12.1 Å². The van der Waals surface area contributed by atoms with Crippen LogP contribution in [-0.4, -0.2) is 15.8 Å². The van der Waals surface area contributed by atoms with Gasteiger partial charge in [-0.25, -0.2) is 0 Å². The van der Waals surface area contributed by atoms with E-state index in [4.69, 9.17) is 23.2 Å². The van der Waals surface area contributed by atoms with Gasteiger partial charge in [0.25, 0.3) is 5.91 Å². The molecule has 0 radical (unpaired) electrons. The molecule has 0 aliphatic heterocycles. The van der Waals surface area contributed by atoms with Gasteiger partial charge < -0.3 is 5.32 Å². The molecule has 10 heteroatoms. The lowest BCUT2D eigenvalue weighted by atomic mass is 10.1. The number of rotatable bonds is 4. The van der Waals surface area contributed by atoms with Gasteiger partial charge in [-0.3, -0.25) is 25.0 Å². The van der Waals surface area contributed by atoms with Crippen LogP contribution in [0.25, 0.3) is 0 Å². The molecule has 0 saturated carbocycles. The highest BCUT2D eigenvalue weighted by Gasteiger charge is 2.26. The van der Waals surface area contributed by atoms with Crippen molar-refractivity contribution in [3.8, 4) is 0 Å². The molecular weight excluding hydrogens is 349 g/mol. The number of nitro benzene ring substituents is 2. The number of para-hydroxylation sites is 1. The predicted molar refractivity (Wildman–Crippen MR) is 84.2 cm³/mol. The largest absolute Gasteiger partial charge is 0.346 e. The second-order valence-electron chi connectivity index (χ2n) is 4.27. The van der Waals surface area contributed by atoms with Crippen LogP contribution in [0.2, 0.25) is 10.0 Å². The van der Waals surface area contributed by atoms with E-state index in [9.17, 15) is 25.0 Å². The molecule has 23 heavy (non-hydrogen) atoms. The predicted octanol–water partition coefficient (Wildman–Crippen LogP) is 4.06. The Hall–Kier alpha value is -2.71. The van der Waals surface area contributed by atoms with Crippen LogP contribution in [0.4, 0.5) is 17.1 Å². The summed E-state index contributed by atoms with van der Waals surface area (Å²) in [7, 11) is 0. The highest BCUT2D eigenvalue weighted by atomic mass is 35.5. The molecule has 118 valence electrons. The van der Waals surface area contributed by atoms with Crippen molar-refractivity contribution in [2.45, 2.75) is 0 Å². The van der Waals surface area contributed by atoms with E-state index in [0.29, 0.717) is 0 Å². The Morgan fingerprint density at radius 3 is 2.04 bits per heavy atom. The minimum atomic E-state index is -0.933. The van der Waals surface area contributed by atoms with Crippen LogP contribution in [-0.2, 0) is 0 Å². The first-order valence-electron chi connectivity index (χ1n) is 5.99. The molecule has 0 spiro atoms. The number of nitrogens with one attached hydrogen (secondary N) is 1. The molecule has 8 nitrogen and oxygen atoms in total. The molecule has 0 aliphatic rings. The van der Waals surface area contributed by atoms with E-state index in [0.717, 1.165) is 18.2 Å². The van der Waals surface area contributed by atoms with Gasteiger partial charge in [0.15, 0.2) is 0 Å². The van der Waals surface area contributed by atoms with Crippen molar-refractivity contribution in [3.63, 3.8) is 0 Å². The first kappa shape index (κ1) is 16.7. The Morgan fingerprint density at radius 1 is 0.957 bits per heavy atom. The number of carbonyl (C=O) groups excluding carboxylic acids is 1. The van der Waals surface area contributed by atoms with Gasteiger partial charge >= 0.3 is 11.4 Å². The van der Waals surface area contributed by atoms with Gasteiger partial charge in [-0.2, -0.15) is 0 Å². The van der Waals surface area contributed by atoms with E-state index < -0.39 is 27.1 Å². The van der Waals surface area contributed by atoms with E-state index in [1.54, 1.807) is 6.07 Å². The summed E-state index contributed by atoms with van der Waals surface area (Å²) in [6, 6.07) is 7.39. The average Bonchev–Trinajstić information content (AvgIpc) is 2.50. The Morgan fingerprint density at radius 2 is 1.52 bits per heavy atom. The minimum Gasteiger partial charge on any atom is -0.319 e. The zero-order chi connectivity index (χ0) is 17.1. The Kier molecular flexibility index (Phi) is 4.77. The van der Waals surface area contributed by atoms with Crippen LogP contribution >= 0.6 is 23.2 Å². The SMILES string of the molecule is O=C(Nc1c(Cl)cccc1Cl)c1ccc([N+](=O)[O-])c([N+](=O)[O-])c1. The Labute approximate surface area is 138 Å². The fraction of sp³-hybridized carbons (Fsp3) is 0. The van der Waals surface area contributed by atoms with Crippen molar-refractivity contribution in [1.82, 2.24) is 0 Å². The maximum Gasteiger partial charge on any atom is 0.346 e. The molecule has 0 fully saturated rings. The van der Waals surface area contributed by atoms with Gasteiger partial charge in [0.1, 0.15) is 0 Å². The van der Waals surface area contributed by atoms with E-state index in [2.05, 4.69) is 5.32 Å². The molecular formula is C13H7Cl2N3O5. The topological polar surface area (TPSA) is 115 Å². The molecule has 0 aliphatic carbocycles. The number of carbonyl (C=O) groups is 1. The number of benzene rings is 2. The molecule has 1 amide bonds. The summed E-state index contributed by atoms with van der Waals surface area (Å²) in [6.45, 7) is 0. The lowest BCUT2D eigenvalue weighted by Gasteiger charge is -2.09. The van der Waals surface area contributed by atoms with Crippen molar-refractivity contribution >= 4 is 46.2 Å². The van der Waals surface area contributed by atoms with Crippen LogP contribution in [0.15, 0.2) is 36.4 Å². The number of halogens is 2. The monoisotopic (exact) mass is 355 g/mol. The summed E-state index contributed by atoms with van der Waals surface area (Å²) in [6.07, 6.45) is 0. The third-order valence-electron chi connectivity index (χ3n) is 2.83. The first-order valence-corrected chi connectivity index (χ1v) is 6.75. The van der Waals surface area contributed by atoms with E-state index in [1.807, 2.05) is 0 Å². The fourth-order valence-electron chi connectivity index (χ4n) is 1.77. The van der Waals surface area contributed by atoms with E-state index >= 15 is 0 Å². The smallest absolute Gasteiger partial charge is 0.319 e. The number of anilines is 1. The van der Waals surface area contributed by atoms with Gasteiger partial charge in [0, 0.05) is 17.7 Å². The Balaban J connectivity index is 2.39. The van der Waals surface area contributed by atoms with Crippen LogP contribution < -0.4 is 5.32 Å². The number of nitrogens with zero attached hydrogens (tertiary/aromatic N) is 2. The standard InChI is InChI=1S/C13H7Cl2N3O5/c14-8-2-1-3-9(15)12(8)16-13(19)7-4-5-10(17(20)21)11(6-7)18(22)23/h1-6H,(H,16,19). The van der Waals surface area contributed by atoms with Crippen LogP contribution in [0.5, 0.6) is 0 Å². The quantitative estimate of drug-likeness (QED) is 0.655. The summed E-state index contributed by atoms with van der Waals surface area (Å²) in [5, 5.41) is 24.4. The molecule has 0 bridgehead atoms. The average molecular weight is 356 g/mol. The van der Waals surface area contributed by atoms with Crippen LogP contribution in [0.3, 0.4) is 0 Å². The summed E-state index contributed by atoms with van der Waals surface area (Å²) < 4.78 is 0. The molecule has 0 aromatic heterocycles. The van der Waals surface area contributed by atoms with E-state index in [-0.39, 0.29) is 21.3 Å². The molecule has 2 rings (SSSR count). The maximum atomic E-state index is 12.2. The van der Waals surface area contributed by atoms with Gasteiger partial charge in [-0.1, -0.05) is 29.3 Å². The highest BCUT2D eigenvalue weighted by molar-refractivity contribution is 6.40. The van der Waals surface area contributed by atoms with Crippen LogP contribution in [0.1, 0.15) is 10.4 Å². The lowest BCUT2D eigenvalue weighted by molar-refractivity contribution is -0.422. The molecule has 0 saturated heterocycles. The van der Waals surface area contributed by atoms with Crippen molar-refractivity contribution in [3.05, 3.63) is 72.2 Å². The molecule has 0 atom stereocenters. The summed E-state index contributed by atoms with van der Waals surface area (Å²) in [4.78, 5) is 32.0. The zero-order valence-electron chi connectivity index (χ0n) is 11.2. The molecule has 1 N–H and O–H groups in total. The van der Waals surface area contributed by atoms with Gasteiger partial charge in [0.05, 0.1) is 25.6 Å². The molecule has 0 heterocycles. The maximum absolute atomic E-state index is 12.2. The number of amides is 1. The fourth-order valence-corrected chi connectivity index (χ4v) is 2.26. The third-order valence-corrected chi connectivity index (χ3v) is 3.46. The lowest BCUT2D eigenvalue weighted by Crippen LogP contribution is -2.13. The Bertz CT molecular complexity index is 805. The van der Waals surface area contributed by atoms with Gasteiger partial charge in [0.2, 0.25) is 0 Å². The number of nitro groups is 2. The number of hydrogen-bond donors (Lipinski definition) is 1. The summed E-state index contributed by atoms with van der Waals surface area (Å²) in [5.74, 6) is -0.738. The normalized spacial score (nSPS) is 10.2. The highest BCUT2D eigenvalue weighted by Crippen LogP contribution is 2.31. The number of hydrogen-bond acceptors (Lipinski definition) is 5. The van der Waals surface area contributed by atoms with Gasteiger partial charge in [-0.05, 0) is 18.2 Å². The molecule has 0 unspecified atom stereocenters. The van der Waals surface area contributed by atoms with Crippen molar-refractivity contribution in [2.24, 2.45) is 0 Å². The third kappa shape index (κ3) is 3.55.